The molecule has 0 aromatic heterocycles. The van der Waals surface area contributed by atoms with Crippen molar-refractivity contribution in [3.05, 3.63) is 131 Å². The van der Waals surface area contributed by atoms with Crippen molar-refractivity contribution >= 4 is 35.0 Å². The Labute approximate surface area is 205 Å². The van der Waals surface area contributed by atoms with Gasteiger partial charge in [-0.05, 0) is 54.5 Å². The molecule has 35 heavy (non-hydrogen) atoms. The zero-order valence-electron chi connectivity index (χ0n) is 20.1. The molecule has 1 heterocycles. The van der Waals surface area contributed by atoms with Crippen LogP contribution < -0.4 is 10.9 Å². The van der Waals surface area contributed by atoms with Gasteiger partial charge in [0.1, 0.15) is 17.5 Å². The van der Waals surface area contributed by atoms with E-state index in [1.807, 2.05) is 36.4 Å². The summed E-state index contributed by atoms with van der Waals surface area (Å²) >= 11 is 0. The second-order valence-corrected chi connectivity index (χ2v) is 14.8. The van der Waals surface area contributed by atoms with Crippen LogP contribution in [0.1, 0.15) is 16.7 Å². The predicted octanol–water partition coefficient (Wildman–Crippen LogP) is 6.91. The van der Waals surface area contributed by atoms with Crippen molar-refractivity contribution in [1.29, 1.82) is 0 Å². The molecular weight excluding hydrogens is 459 g/mol. The van der Waals surface area contributed by atoms with E-state index in [-0.39, 0.29) is 17.5 Å². The summed E-state index contributed by atoms with van der Waals surface area (Å²) in [7, 11) is -1.83. The van der Waals surface area contributed by atoms with E-state index >= 15 is 0 Å². The molecule has 0 unspecified atom stereocenters. The molecule has 0 saturated heterocycles. The largest absolute Gasteiger partial charge is 0.247 e. The molecule has 0 N–H and O–H groups in total. The van der Waals surface area contributed by atoms with E-state index < -0.39 is 13.0 Å². The second kappa shape index (κ2) is 8.84. The quantitative estimate of drug-likeness (QED) is 0.217. The van der Waals surface area contributed by atoms with E-state index in [4.69, 9.17) is 0 Å². The van der Waals surface area contributed by atoms with Gasteiger partial charge in [0.15, 0.2) is 0 Å². The average molecular weight is 486 g/mol. The number of aryl methyl sites for hydroxylation is 1. The van der Waals surface area contributed by atoms with Crippen LogP contribution in [0, 0.1) is 24.4 Å². The summed E-state index contributed by atoms with van der Waals surface area (Å²) in [5.41, 5.74) is 7.68. The molecule has 0 radical (unpaired) electrons. The van der Waals surface area contributed by atoms with Crippen LogP contribution in [0.4, 0.5) is 13.2 Å². The highest BCUT2D eigenvalue weighted by Crippen LogP contribution is 2.71. The minimum Gasteiger partial charge on any atom is -0.207 e. The van der Waals surface area contributed by atoms with E-state index in [0.29, 0.717) is 0 Å². The van der Waals surface area contributed by atoms with Crippen LogP contribution in [0.25, 0.3) is 11.0 Å². The molecular formula is C30H27BF3P. The predicted molar refractivity (Wildman–Crippen MR) is 146 cm³/mol. The first-order chi connectivity index (χ1) is 16.7. The molecule has 0 spiro atoms. The van der Waals surface area contributed by atoms with Crippen LogP contribution >= 0.6 is 7.14 Å². The molecule has 4 aromatic rings. The lowest BCUT2D eigenvalue weighted by atomic mass is 9.32. The van der Waals surface area contributed by atoms with Crippen LogP contribution in [0.2, 0.25) is 0 Å². The molecule has 5 rings (SSSR count). The van der Waals surface area contributed by atoms with Crippen LogP contribution in [0.3, 0.4) is 0 Å². The fraction of sp³-hybridized carbons (Fsp3) is 0.133. The molecule has 0 nitrogen and oxygen atoms in total. The number of halogens is 3. The summed E-state index contributed by atoms with van der Waals surface area (Å²) in [6, 6.07) is 28.7. The SMILES string of the molecule is Cc1ccc(C2=C(c3ccc(F)cc3)[B-](c3ccc(F)cc3)(c3ccc(F)cc3)[P+](C)(C)C2)cc1. The van der Waals surface area contributed by atoms with Crippen molar-refractivity contribution in [2.75, 3.05) is 19.5 Å². The fourth-order valence-electron chi connectivity index (χ4n) is 6.09. The number of benzene rings is 4. The van der Waals surface area contributed by atoms with Gasteiger partial charge in [0.2, 0.25) is 5.87 Å². The highest BCUT2D eigenvalue weighted by Gasteiger charge is 2.57. The number of hydrogen-bond acceptors (Lipinski definition) is 0. The van der Waals surface area contributed by atoms with Crippen molar-refractivity contribution in [3.63, 3.8) is 0 Å². The van der Waals surface area contributed by atoms with Crippen LogP contribution in [-0.4, -0.2) is 25.4 Å². The molecule has 5 heteroatoms. The maximum absolute atomic E-state index is 14.1. The van der Waals surface area contributed by atoms with Gasteiger partial charge in [-0.2, -0.15) is 10.9 Å². The van der Waals surface area contributed by atoms with Crippen LogP contribution in [-0.2, 0) is 0 Å². The van der Waals surface area contributed by atoms with E-state index in [9.17, 15) is 13.2 Å². The molecule has 4 aromatic carbocycles. The normalized spacial score (nSPS) is 16.5. The summed E-state index contributed by atoms with van der Waals surface area (Å²) in [5.74, 6) is -2.46. The van der Waals surface area contributed by atoms with E-state index in [1.165, 1.54) is 47.5 Å². The Morgan fingerprint density at radius 1 is 0.571 bits per heavy atom. The summed E-state index contributed by atoms with van der Waals surface area (Å²) in [4.78, 5) is 0. The maximum Gasteiger partial charge on any atom is 0.247 e. The van der Waals surface area contributed by atoms with Gasteiger partial charge in [-0.1, -0.05) is 71.8 Å². The summed E-state index contributed by atoms with van der Waals surface area (Å²) in [5, 5.41) is 0. The van der Waals surface area contributed by atoms with Gasteiger partial charge in [0.25, 0.3) is 0 Å². The van der Waals surface area contributed by atoms with Gasteiger partial charge < -0.3 is 0 Å². The van der Waals surface area contributed by atoms with Gasteiger partial charge in [0.05, 0.1) is 0 Å². The number of rotatable bonds is 4. The Kier molecular flexibility index (Phi) is 5.97. The minimum atomic E-state index is -1.83. The Bertz CT molecular complexity index is 1340. The standard InChI is InChI=1S/C30H27BF3P/c1-21-4-6-22(7-5-21)29-20-35(2,3)31(24-10-16-27(33)17-11-24,25-12-18-28(34)19-13-25)30(29)23-8-14-26(32)15-9-23/h4-19H,20H2,1-3H3. The third kappa shape index (κ3) is 3.94. The molecule has 1 aliphatic rings. The van der Waals surface area contributed by atoms with Crippen LogP contribution in [0.15, 0.2) is 97.1 Å². The first-order valence-corrected chi connectivity index (χ1v) is 14.7. The first kappa shape index (κ1) is 23.6. The maximum atomic E-state index is 14.1. The molecule has 0 fully saturated rings. The van der Waals surface area contributed by atoms with E-state index in [1.54, 1.807) is 0 Å². The average Bonchev–Trinajstić information content (AvgIpc) is 3.09. The third-order valence-corrected chi connectivity index (χ3v) is 11.7. The Hall–Kier alpha value is -3.10. The molecule has 1 aliphatic heterocycles. The smallest absolute Gasteiger partial charge is 0.207 e. The molecule has 0 saturated carbocycles. The lowest BCUT2D eigenvalue weighted by molar-refractivity contribution is 0.627. The fourth-order valence-corrected chi connectivity index (χ4v) is 10.5. The molecule has 0 aliphatic carbocycles. The Morgan fingerprint density at radius 2 is 0.971 bits per heavy atom. The Balaban J connectivity index is 1.93. The van der Waals surface area contributed by atoms with Crippen molar-refractivity contribution in [1.82, 2.24) is 0 Å². The monoisotopic (exact) mass is 486 g/mol. The molecule has 0 amide bonds. The Morgan fingerprint density at radius 3 is 1.43 bits per heavy atom. The molecule has 0 atom stereocenters. The van der Waals surface area contributed by atoms with Gasteiger partial charge in [-0.15, -0.1) is 12.6 Å². The van der Waals surface area contributed by atoms with Crippen molar-refractivity contribution in [2.24, 2.45) is 0 Å². The van der Waals surface area contributed by atoms with Gasteiger partial charge >= 0.3 is 0 Å². The van der Waals surface area contributed by atoms with Gasteiger partial charge in [0, 0.05) is 19.5 Å². The zero-order valence-corrected chi connectivity index (χ0v) is 21.0. The first-order valence-electron chi connectivity index (χ1n) is 11.8. The summed E-state index contributed by atoms with van der Waals surface area (Å²) < 4.78 is 42.2. The van der Waals surface area contributed by atoms with Crippen molar-refractivity contribution in [2.45, 2.75) is 6.92 Å². The summed E-state index contributed by atoms with van der Waals surface area (Å²) in [6.45, 7) is 6.74. The summed E-state index contributed by atoms with van der Waals surface area (Å²) in [6.07, 6.45) is 0.873. The molecule has 176 valence electrons. The topological polar surface area (TPSA) is 0 Å². The van der Waals surface area contributed by atoms with Gasteiger partial charge in [-0.3, -0.25) is 0 Å². The zero-order chi connectivity index (χ0) is 24.8. The highest BCUT2D eigenvalue weighted by atomic mass is 31.2. The second-order valence-electron chi connectivity index (χ2n) is 10.1. The molecule has 0 bridgehead atoms. The number of allylic oxidation sites excluding steroid dienone is 1. The third-order valence-electron chi connectivity index (χ3n) is 7.62. The van der Waals surface area contributed by atoms with Crippen LogP contribution in [0.5, 0.6) is 0 Å². The van der Waals surface area contributed by atoms with E-state index in [0.717, 1.165) is 33.7 Å². The highest BCUT2D eigenvalue weighted by molar-refractivity contribution is 8.14. The lowest BCUT2D eigenvalue weighted by Crippen LogP contribution is -2.59. The van der Waals surface area contributed by atoms with Gasteiger partial charge in [-0.25, -0.2) is 13.2 Å². The number of hydrogen-bond donors (Lipinski definition) is 0. The van der Waals surface area contributed by atoms with Crippen molar-refractivity contribution in [3.8, 4) is 0 Å². The van der Waals surface area contributed by atoms with E-state index in [2.05, 4.69) is 44.5 Å². The lowest BCUT2D eigenvalue weighted by Gasteiger charge is -2.46. The minimum absolute atomic E-state index is 0.292. The van der Waals surface area contributed by atoms with Crippen molar-refractivity contribution < 1.29 is 13.2 Å².